The van der Waals surface area contributed by atoms with Crippen molar-refractivity contribution in [2.24, 2.45) is 5.92 Å². The Morgan fingerprint density at radius 2 is 2.17 bits per heavy atom. The van der Waals surface area contributed by atoms with Crippen LogP contribution in [-0.4, -0.2) is 45.7 Å². The quantitative estimate of drug-likeness (QED) is 0.734. The minimum atomic E-state index is -0.326. The molecule has 1 aliphatic rings. The van der Waals surface area contributed by atoms with E-state index in [2.05, 4.69) is 36.4 Å². The molecule has 0 aromatic carbocycles. The van der Waals surface area contributed by atoms with Crippen molar-refractivity contribution in [2.45, 2.75) is 26.2 Å². The number of piperidine rings is 1. The van der Waals surface area contributed by atoms with Crippen molar-refractivity contribution in [2.75, 3.05) is 24.5 Å². The van der Waals surface area contributed by atoms with E-state index in [1.165, 1.54) is 0 Å². The molecule has 128 valence electrons. The summed E-state index contributed by atoms with van der Waals surface area (Å²) < 4.78 is 0. The highest BCUT2D eigenvalue weighted by Gasteiger charge is 2.25. The Balaban J connectivity index is 1.43. The van der Waals surface area contributed by atoms with Gasteiger partial charge < -0.3 is 10.2 Å². The molecule has 1 aliphatic heterocycles. The summed E-state index contributed by atoms with van der Waals surface area (Å²) in [4.78, 5) is 32.4. The number of rotatable bonds is 5. The molecule has 8 heteroatoms. The molecule has 1 fully saturated rings. The fourth-order valence-corrected chi connectivity index (χ4v) is 2.89. The van der Waals surface area contributed by atoms with E-state index in [0.29, 0.717) is 18.8 Å². The van der Waals surface area contributed by atoms with Crippen molar-refractivity contribution in [3.63, 3.8) is 0 Å². The van der Waals surface area contributed by atoms with Crippen molar-refractivity contribution < 1.29 is 4.79 Å². The van der Waals surface area contributed by atoms with E-state index in [9.17, 15) is 9.59 Å². The summed E-state index contributed by atoms with van der Waals surface area (Å²) in [6.45, 7) is 4.16. The molecule has 3 N–H and O–H groups in total. The summed E-state index contributed by atoms with van der Waals surface area (Å²) in [7, 11) is 0. The summed E-state index contributed by atoms with van der Waals surface area (Å²) in [6.07, 6.45) is 4.02. The summed E-state index contributed by atoms with van der Waals surface area (Å²) >= 11 is 0. The number of aryl methyl sites for hydroxylation is 1. The number of nitrogens with zero attached hydrogens (tertiary/aromatic N) is 3. The second-order valence-corrected chi connectivity index (χ2v) is 6.12. The summed E-state index contributed by atoms with van der Waals surface area (Å²) in [5.74, 6) is 1.64. The molecule has 0 bridgehead atoms. The van der Waals surface area contributed by atoms with Crippen LogP contribution in [0.3, 0.4) is 0 Å². The maximum absolute atomic E-state index is 12.2. The molecule has 0 unspecified atom stereocenters. The molecule has 0 aliphatic carbocycles. The zero-order valence-electron chi connectivity index (χ0n) is 13.7. The fraction of sp³-hybridized carbons (Fsp3) is 0.500. The number of aromatic nitrogens is 4. The van der Waals surface area contributed by atoms with Gasteiger partial charge in [0.05, 0.1) is 0 Å². The van der Waals surface area contributed by atoms with Crippen LogP contribution >= 0.6 is 0 Å². The first kappa shape index (κ1) is 16.2. The summed E-state index contributed by atoms with van der Waals surface area (Å²) in [5.41, 5.74) is 0.819. The number of anilines is 1. The van der Waals surface area contributed by atoms with Crippen LogP contribution in [0.4, 0.5) is 5.82 Å². The molecule has 0 atom stereocenters. The van der Waals surface area contributed by atoms with Crippen LogP contribution in [0.5, 0.6) is 0 Å². The van der Waals surface area contributed by atoms with Gasteiger partial charge >= 0.3 is 5.69 Å². The minimum Gasteiger partial charge on any atom is -0.357 e. The zero-order chi connectivity index (χ0) is 16.9. The third-order valence-electron chi connectivity index (χ3n) is 4.30. The van der Waals surface area contributed by atoms with E-state index in [-0.39, 0.29) is 17.5 Å². The Morgan fingerprint density at radius 3 is 2.79 bits per heavy atom. The van der Waals surface area contributed by atoms with Crippen LogP contribution in [0.15, 0.2) is 23.1 Å². The van der Waals surface area contributed by atoms with Crippen LogP contribution in [-0.2, 0) is 11.2 Å². The number of hydrogen-bond acceptors (Lipinski definition) is 5. The molecule has 1 amide bonds. The van der Waals surface area contributed by atoms with E-state index >= 15 is 0 Å². The Hall–Kier alpha value is -2.64. The van der Waals surface area contributed by atoms with Crippen molar-refractivity contribution in [3.8, 4) is 0 Å². The third-order valence-corrected chi connectivity index (χ3v) is 4.30. The van der Waals surface area contributed by atoms with Gasteiger partial charge in [0.1, 0.15) is 11.6 Å². The first-order valence-electron chi connectivity index (χ1n) is 8.20. The van der Waals surface area contributed by atoms with Crippen molar-refractivity contribution in [3.05, 3.63) is 40.2 Å². The molecule has 2 aromatic rings. The number of nitrogens with one attached hydrogen (secondary N) is 3. The van der Waals surface area contributed by atoms with E-state index < -0.39 is 0 Å². The lowest BCUT2D eigenvalue weighted by Gasteiger charge is -2.32. The second-order valence-electron chi connectivity index (χ2n) is 6.12. The predicted molar refractivity (Wildman–Crippen MR) is 89.8 cm³/mol. The normalized spacial score (nSPS) is 15.5. The molecular weight excluding hydrogens is 308 g/mol. The maximum atomic E-state index is 12.2. The van der Waals surface area contributed by atoms with E-state index in [1.807, 2.05) is 19.2 Å². The Bertz CT molecular complexity index is 728. The van der Waals surface area contributed by atoms with E-state index in [1.54, 1.807) is 0 Å². The number of H-pyrrole nitrogens is 2. The van der Waals surface area contributed by atoms with Crippen LogP contribution < -0.4 is 15.9 Å². The Morgan fingerprint density at radius 1 is 1.38 bits per heavy atom. The summed E-state index contributed by atoms with van der Waals surface area (Å²) in [5, 5.41) is 9.05. The summed E-state index contributed by atoms with van der Waals surface area (Å²) in [6, 6.07) is 4.08. The predicted octanol–water partition coefficient (Wildman–Crippen LogP) is 0.377. The average molecular weight is 330 g/mol. The van der Waals surface area contributed by atoms with Crippen molar-refractivity contribution in [1.29, 1.82) is 0 Å². The average Bonchev–Trinajstić information content (AvgIpc) is 3.01. The molecular formula is C16H22N6O2. The highest BCUT2D eigenvalue weighted by Crippen LogP contribution is 2.22. The van der Waals surface area contributed by atoms with Crippen molar-refractivity contribution >= 4 is 11.7 Å². The number of aromatic amines is 2. The zero-order valence-corrected chi connectivity index (χ0v) is 13.7. The van der Waals surface area contributed by atoms with Crippen LogP contribution in [0.25, 0.3) is 0 Å². The van der Waals surface area contributed by atoms with Gasteiger partial charge in [0.15, 0.2) is 0 Å². The molecule has 0 saturated carbocycles. The Kier molecular flexibility index (Phi) is 4.93. The molecule has 8 nitrogen and oxygen atoms in total. The van der Waals surface area contributed by atoms with Gasteiger partial charge in [-0.15, -0.1) is 0 Å². The maximum Gasteiger partial charge on any atom is 0.340 e. The number of pyridine rings is 1. The lowest BCUT2D eigenvalue weighted by atomic mass is 9.96. The van der Waals surface area contributed by atoms with E-state index in [4.69, 9.17) is 0 Å². The monoisotopic (exact) mass is 330 g/mol. The minimum absolute atomic E-state index is 0.0323. The highest BCUT2D eigenvalue weighted by atomic mass is 16.2. The first-order valence-corrected chi connectivity index (χ1v) is 8.20. The smallest absolute Gasteiger partial charge is 0.340 e. The number of carbonyl (C=O) groups excluding carboxylic acids is 1. The molecule has 0 radical (unpaired) electrons. The van der Waals surface area contributed by atoms with Gasteiger partial charge in [-0.05, 0) is 31.4 Å². The van der Waals surface area contributed by atoms with Gasteiger partial charge in [0.2, 0.25) is 5.91 Å². The number of amides is 1. The third kappa shape index (κ3) is 4.01. The van der Waals surface area contributed by atoms with Crippen LogP contribution in [0.1, 0.15) is 24.2 Å². The standard InChI is InChI=1S/C16H22N6O2/c1-11-2-3-14(18-10-11)22-8-5-12(6-9-22)15(23)17-7-4-13-19-16(24)21-20-13/h2-3,10,12H,4-9H2,1H3,(H,17,23)(H2,19,20,21,24). The van der Waals surface area contributed by atoms with Crippen molar-refractivity contribution in [1.82, 2.24) is 25.5 Å². The highest BCUT2D eigenvalue weighted by molar-refractivity contribution is 5.78. The number of hydrogen-bond donors (Lipinski definition) is 3. The Labute approximate surface area is 139 Å². The second kappa shape index (κ2) is 7.29. The molecule has 3 heterocycles. The lowest BCUT2D eigenvalue weighted by molar-refractivity contribution is -0.125. The van der Waals surface area contributed by atoms with Crippen LogP contribution in [0, 0.1) is 12.8 Å². The largest absolute Gasteiger partial charge is 0.357 e. The fourth-order valence-electron chi connectivity index (χ4n) is 2.89. The van der Waals surface area contributed by atoms with E-state index in [0.717, 1.165) is 37.3 Å². The molecule has 1 saturated heterocycles. The molecule has 24 heavy (non-hydrogen) atoms. The molecule has 0 spiro atoms. The van der Waals surface area contributed by atoms with Gasteiger partial charge in [-0.25, -0.2) is 14.9 Å². The lowest BCUT2D eigenvalue weighted by Crippen LogP contribution is -2.41. The van der Waals surface area contributed by atoms with Gasteiger partial charge in [0, 0.05) is 38.2 Å². The molecule has 2 aromatic heterocycles. The first-order chi connectivity index (χ1) is 11.6. The van der Waals surface area contributed by atoms with Gasteiger partial charge in [-0.1, -0.05) is 6.07 Å². The molecule has 3 rings (SSSR count). The van der Waals surface area contributed by atoms with Gasteiger partial charge in [-0.2, -0.15) is 5.10 Å². The number of carbonyl (C=O) groups is 1. The topological polar surface area (TPSA) is 107 Å². The SMILES string of the molecule is Cc1ccc(N2CCC(C(=O)NCCc3n[nH]c(=O)[nH]3)CC2)nc1. The van der Waals surface area contributed by atoms with Gasteiger partial charge in [0.25, 0.3) is 0 Å². The van der Waals surface area contributed by atoms with Crippen LogP contribution in [0.2, 0.25) is 0 Å². The van der Waals surface area contributed by atoms with Gasteiger partial charge in [-0.3, -0.25) is 9.78 Å².